The topological polar surface area (TPSA) is 55.0 Å². The molecule has 0 aromatic carbocycles. The molecule has 100 valence electrons. The first-order valence-electron chi connectivity index (χ1n) is 6.34. The summed E-state index contributed by atoms with van der Waals surface area (Å²) >= 11 is 5.13. The van der Waals surface area contributed by atoms with Crippen molar-refractivity contribution in [1.82, 2.24) is 10.2 Å². The van der Waals surface area contributed by atoms with E-state index >= 15 is 0 Å². The van der Waals surface area contributed by atoms with Gasteiger partial charge in [0.2, 0.25) is 0 Å². The molecule has 0 saturated carbocycles. The Labute approximate surface area is 124 Å². The summed E-state index contributed by atoms with van der Waals surface area (Å²) in [6.45, 7) is 1.71. The monoisotopic (exact) mass is 338 g/mol. The predicted molar refractivity (Wildman–Crippen MR) is 82.5 cm³/mol. The Morgan fingerprint density at radius 1 is 1.32 bits per heavy atom. The van der Waals surface area contributed by atoms with Gasteiger partial charge < -0.3 is 10.6 Å². The van der Waals surface area contributed by atoms with Crippen molar-refractivity contribution >= 4 is 33.1 Å². The summed E-state index contributed by atoms with van der Waals surface area (Å²) in [6, 6.07) is 8.57. The summed E-state index contributed by atoms with van der Waals surface area (Å²) in [7, 11) is 0. The molecule has 0 radical (unpaired) electrons. The van der Waals surface area contributed by atoms with Crippen LogP contribution < -0.4 is 10.6 Å². The third-order valence-corrected chi connectivity index (χ3v) is 5.07. The summed E-state index contributed by atoms with van der Waals surface area (Å²) in [4.78, 5) is 3.39. The first kappa shape index (κ1) is 13.0. The van der Waals surface area contributed by atoms with Gasteiger partial charge in [-0.15, -0.1) is 21.5 Å². The lowest BCUT2D eigenvalue weighted by Crippen LogP contribution is -2.36. The molecule has 1 saturated heterocycles. The maximum absolute atomic E-state index is 5.79. The van der Waals surface area contributed by atoms with E-state index in [0.717, 1.165) is 33.1 Å². The van der Waals surface area contributed by atoms with Crippen molar-refractivity contribution < 1.29 is 0 Å². The highest BCUT2D eigenvalue weighted by Gasteiger charge is 2.24. The molecule has 3 rings (SSSR count). The van der Waals surface area contributed by atoms with Gasteiger partial charge in [-0.05, 0) is 53.0 Å². The number of rotatable bonds is 3. The lowest BCUT2D eigenvalue weighted by molar-refractivity contribution is 0.668. The average molecular weight is 339 g/mol. The van der Waals surface area contributed by atoms with Gasteiger partial charge in [0.25, 0.3) is 0 Å². The Bertz CT molecular complexity index is 554. The number of aromatic nitrogens is 2. The highest BCUT2D eigenvalue weighted by molar-refractivity contribution is 9.11. The summed E-state index contributed by atoms with van der Waals surface area (Å²) in [5, 5.41) is 8.69. The van der Waals surface area contributed by atoms with E-state index in [-0.39, 0.29) is 0 Å². The third kappa shape index (κ3) is 2.66. The zero-order valence-electron chi connectivity index (χ0n) is 10.4. The van der Waals surface area contributed by atoms with E-state index in [4.69, 9.17) is 5.73 Å². The Kier molecular flexibility index (Phi) is 3.81. The van der Waals surface area contributed by atoms with Crippen LogP contribution in [0.3, 0.4) is 0 Å². The Morgan fingerprint density at radius 2 is 2.21 bits per heavy atom. The second kappa shape index (κ2) is 5.56. The largest absolute Gasteiger partial charge is 0.351 e. The van der Waals surface area contributed by atoms with Gasteiger partial charge in [0.05, 0.1) is 8.66 Å². The number of halogens is 1. The molecule has 3 heterocycles. The molecule has 0 bridgehead atoms. The zero-order chi connectivity index (χ0) is 13.2. The van der Waals surface area contributed by atoms with Crippen molar-refractivity contribution in [3.05, 3.63) is 28.1 Å². The fourth-order valence-corrected chi connectivity index (χ4v) is 3.80. The van der Waals surface area contributed by atoms with Gasteiger partial charge in [-0.3, -0.25) is 0 Å². The van der Waals surface area contributed by atoms with Gasteiger partial charge in [0.15, 0.2) is 5.82 Å². The van der Waals surface area contributed by atoms with Crippen molar-refractivity contribution in [3.8, 4) is 10.6 Å². The maximum atomic E-state index is 5.79. The van der Waals surface area contributed by atoms with Crippen molar-refractivity contribution in [3.63, 3.8) is 0 Å². The van der Waals surface area contributed by atoms with Gasteiger partial charge >= 0.3 is 0 Å². The molecule has 2 aromatic heterocycles. The highest BCUT2D eigenvalue weighted by Crippen LogP contribution is 2.30. The zero-order valence-corrected chi connectivity index (χ0v) is 12.8. The molecule has 1 unspecified atom stereocenters. The highest BCUT2D eigenvalue weighted by atomic mass is 79.9. The van der Waals surface area contributed by atoms with Crippen LogP contribution in [-0.2, 0) is 0 Å². The SMILES string of the molecule is NCC1CCCN1c1ccc(-c2ccc(Br)s2)nn1. The molecule has 1 atom stereocenters. The Balaban J connectivity index is 1.82. The maximum Gasteiger partial charge on any atom is 0.151 e. The van der Waals surface area contributed by atoms with Crippen molar-refractivity contribution in [2.75, 3.05) is 18.0 Å². The number of thiophene rings is 1. The molecule has 1 aliphatic heterocycles. The quantitative estimate of drug-likeness (QED) is 0.934. The minimum atomic E-state index is 0.413. The van der Waals surface area contributed by atoms with Crippen molar-refractivity contribution in [2.24, 2.45) is 5.73 Å². The summed E-state index contributed by atoms with van der Waals surface area (Å²) in [6.07, 6.45) is 2.33. The van der Waals surface area contributed by atoms with Gasteiger partial charge in [-0.2, -0.15) is 0 Å². The van der Waals surface area contributed by atoms with Crippen LogP contribution in [0.15, 0.2) is 28.1 Å². The van der Waals surface area contributed by atoms with Crippen LogP contribution in [0.25, 0.3) is 10.6 Å². The van der Waals surface area contributed by atoms with E-state index in [9.17, 15) is 0 Å². The minimum Gasteiger partial charge on any atom is -0.351 e. The normalized spacial score (nSPS) is 19.1. The van der Waals surface area contributed by atoms with E-state index in [1.54, 1.807) is 11.3 Å². The lowest BCUT2D eigenvalue weighted by atomic mass is 10.2. The molecule has 19 heavy (non-hydrogen) atoms. The molecule has 0 amide bonds. The molecular weight excluding hydrogens is 324 g/mol. The smallest absolute Gasteiger partial charge is 0.151 e. The van der Waals surface area contributed by atoms with E-state index in [0.29, 0.717) is 12.6 Å². The van der Waals surface area contributed by atoms with Crippen LogP contribution in [-0.4, -0.2) is 29.3 Å². The molecular formula is C13H15BrN4S. The average Bonchev–Trinajstić information content (AvgIpc) is 3.07. The van der Waals surface area contributed by atoms with Gasteiger partial charge in [0.1, 0.15) is 5.69 Å². The van der Waals surface area contributed by atoms with Crippen LogP contribution in [0.1, 0.15) is 12.8 Å². The first-order valence-corrected chi connectivity index (χ1v) is 7.95. The minimum absolute atomic E-state index is 0.413. The van der Waals surface area contributed by atoms with Gasteiger partial charge in [0, 0.05) is 19.1 Å². The fourth-order valence-electron chi connectivity index (χ4n) is 2.44. The van der Waals surface area contributed by atoms with Crippen LogP contribution in [0, 0.1) is 0 Å². The van der Waals surface area contributed by atoms with E-state index in [1.807, 2.05) is 18.2 Å². The Hall–Kier alpha value is -0.980. The first-order chi connectivity index (χ1) is 9.28. The van der Waals surface area contributed by atoms with Crippen LogP contribution in [0.4, 0.5) is 5.82 Å². The fraction of sp³-hybridized carbons (Fsp3) is 0.385. The third-order valence-electron chi connectivity index (χ3n) is 3.42. The summed E-state index contributed by atoms with van der Waals surface area (Å²) in [5.74, 6) is 0.937. The molecule has 2 aromatic rings. The predicted octanol–water partition coefficient (Wildman–Crippen LogP) is 2.90. The van der Waals surface area contributed by atoms with Crippen LogP contribution >= 0.6 is 27.3 Å². The molecule has 0 spiro atoms. The standard InChI is InChI=1S/C13H15BrN4S/c14-12-5-4-11(19-12)10-3-6-13(17-16-10)18-7-1-2-9(18)8-15/h3-6,9H,1-2,7-8,15H2. The van der Waals surface area contributed by atoms with E-state index in [2.05, 4.69) is 37.1 Å². The molecule has 0 aliphatic carbocycles. The second-order valence-corrected chi connectivity index (χ2v) is 7.07. The van der Waals surface area contributed by atoms with Gasteiger partial charge in [-0.1, -0.05) is 0 Å². The van der Waals surface area contributed by atoms with Gasteiger partial charge in [-0.25, -0.2) is 0 Å². The number of hydrogen-bond acceptors (Lipinski definition) is 5. The Morgan fingerprint density at radius 3 is 2.84 bits per heavy atom. The number of anilines is 1. The lowest BCUT2D eigenvalue weighted by Gasteiger charge is -2.23. The van der Waals surface area contributed by atoms with Crippen LogP contribution in [0.5, 0.6) is 0 Å². The number of hydrogen-bond donors (Lipinski definition) is 1. The second-order valence-electron chi connectivity index (χ2n) is 4.61. The van der Waals surface area contributed by atoms with E-state index < -0.39 is 0 Å². The molecule has 6 heteroatoms. The van der Waals surface area contributed by atoms with Crippen molar-refractivity contribution in [2.45, 2.75) is 18.9 Å². The summed E-state index contributed by atoms with van der Waals surface area (Å²) < 4.78 is 1.11. The molecule has 1 aliphatic rings. The number of nitrogens with zero attached hydrogens (tertiary/aromatic N) is 3. The van der Waals surface area contributed by atoms with Crippen molar-refractivity contribution in [1.29, 1.82) is 0 Å². The molecule has 1 fully saturated rings. The number of nitrogens with two attached hydrogens (primary N) is 1. The molecule has 2 N–H and O–H groups in total. The van der Waals surface area contributed by atoms with E-state index in [1.165, 1.54) is 6.42 Å². The molecule has 4 nitrogen and oxygen atoms in total. The van der Waals surface area contributed by atoms with Crippen LogP contribution in [0.2, 0.25) is 0 Å². The summed E-state index contributed by atoms with van der Waals surface area (Å²) in [5.41, 5.74) is 6.71.